The van der Waals surface area contributed by atoms with Crippen molar-refractivity contribution >= 4 is 29.1 Å². The van der Waals surface area contributed by atoms with Crippen molar-refractivity contribution in [3.05, 3.63) is 35.5 Å². The average Bonchev–Trinajstić information content (AvgIpc) is 2.88. The number of hydrazine groups is 1. The van der Waals surface area contributed by atoms with Crippen molar-refractivity contribution in [2.24, 2.45) is 16.8 Å². The Hall–Kier alpha value is -3.07. The molecule has 22 heavy (non-hydrogen) atoms. The number of nitrogens with zero attached hydrogens (tertiary/aromatic N) is 1. The third-order valence-corrected chi connectivity index (χ3v) is 2.79. The molecule has 0 aliphatic rings. The average molecular weight is 306 g/mol. The number of hydrogen-bond donors (Lipinski definition) is 6. The fraction of sp³-hybridized carbons (Fsp3) is 0.154. The van der Waals surface area contributed by atoms with Crippen molar-refractivity contribution in [2.45, 2.75) is 6.42 Å². The number of fused-ring (bicyclic) bond motifs is 1. The standard InChI is InChI=1S/C12H12N2O3.CH6N4/c1-13-10(15)6-8-7-4-2-3-5-9(7)14-11(8)12(16)17;2-4-1-5-3/h2-5,14H,6H2,1H3,(H,13,15)(H,16,17);1H,2-3H2,(H,4,5). The van der Waals surface area contributed by atoms with Crippen molar-refractivity contribution in [3.8, 4) is 0 Å². The second-order valence-electron chi connectivity index (χ2n) is 4.12. The van der Waals surface area contributed by atoms with Crippen molar-refractivity contribution in [1.29, 1.82) is 0 Å². The third-order valence-electron chi connectivity index (χ3n) is 2.79. The topological polar surface area (TPSA) is 159 Å². The molecule has 2 rings (SSSR count). The highest BCUT2D eigenvalue weighted by molar-refractivity contribution is 5.99. The van der Waals surface area contributed by atoms with E-state index < -0.39 is 5.97 Å². The van der Waals surface area contributed by atoms with Crippen molar-refractivity contribution in [3.63, 3.8) is 0 Å². The second kappa shape index (κ2) is 8.27. The van der Waals surface area contributed by atoms with Gasteiger partial charge in [0.25, 0.3) is 0 Å². The van der Waals surface area contributed by atoms with E-state index in [0.29, 0.717) is 5.56 Å². The first-order chi connectivity index (χ1) is 10.5. The van der Waals surface area contributed by atoms with E-state index in [1.54, 1.807) is 12.1 Å². The number of hydrazone groups is 1. The number of nitrogens with two attached hydrogens (primary N) is 2. The van der Waals surface area contributed by atoms with Crippen LogP contribution in [0.3, 0.4) is 0 Å². The largest absolute Gasteiger partial charge is 0.477 e. The minimum absolute atomic E-state index is 0.0577. The lowest BCUT2D eigenvalue weighted by Gasteiger charge is -2.00. The molecule has 0 aliphatic carbocycles. The van der Waals surface area contributed by atoms with Crippen LogP contribution >= 0.6 is 0 Å². The maximum Gasteiger partial charge on any atom is 0.352 e. The van der Waals surface area contributed by atoms with Crippen molar-refractivity contribution in [2.75, 3.05) is 7.05 Å². The Bertz CT molecular complexity index is 679. The van der Waals surface area contributed by atoms with Crippen LogP contribution in [0.15, 0.2) is 29.4 Å². The van der Waals surface area contributed by atoms with E-state index in [0.717, 1.165) is 10.9 Å². The molecule has 118 valence electrons. The summed E-state index contributed by atoms with van der Waals surface area (Å²) >= 11 is 0. The Labute approximate surface area is 126 Å². The molecular weight excluding hydrogens is 288 g/mol. The van der Waals surface area contributed by atoms with E-state index in [2.05, 4.69) is 32.5 Å². The molecule has 0 fully saturated rings. The number of benzene rings is 1. The number of amides is 1. The van der Waals surface area contributed by atoms with Gasteiger partial charge >= 0.3 is 5.97 Å². The van der Waals surface area contributed by atoms with Gasteiger partial charge in [-0.3, -0.25) is 4.79 Å². The summed E-state index contributed by atoms with van der Waals surface area (Å²) in [6.07, 6.45) is 1.24. The molecule has 0 unspecified atom stereocenters. The quantitative estimate of drug-likeness (QED) is 0.193. The van der Waals surface area contributed by atoms with Crippen LogP contribution in [0.25, 0.3) is 10.9 Å². The first-order valence-corrected chi connectivity index (χ1v) is 6.26. The van der Waals surface area contributed by atoms with Gasteiger partial charge in [-0.15, -0.1) is 0 Å². The summed E-state index contributed by atoms with van der Waals surface area (Å²) in [7, 11) is 1.53. The van der Waals surface area contributed by atoms with Crippen LogP contribution in [0.5, 0.6) is 0 Å². The second-order valence-corrected chi connectivity index (χ2v) is 4.12. The lowest BCUT2D eigenvalue weighted by Crippen LogP contribution is -2.21. The van der Waals surface area contributed by atoms with Crippen molar-refractivity contribution in [1.82, 2.24) is 15.7 Å². The highest BCUT2D eigenvalue weighted by Gasteiger charge is 2.18. The predicted molar refractivity (Wildman–Crippen MR) is 83.0 cm³/mol. The summed E-state index contributed by atoms with van der Waals surface area (Å²) in [4.78, 5) is 25.3. The lowest BCUT2D eigenvalue weighted by atomic mass is 10.1. The number of carboxylic acids is 1. The van der Waals surface area contributed by atoms with Gasteiger partial charge in [0.1, 0.15) is 12.0 Å². The molecular formula is C13H18N6O3. The first-order valence-electron chi connectivity index (χ1n) is 6.26. The fourth-order valence-corrected chi connectivity index (χ4v) is 1.86. The maximum absolute atomic E-state index is 11.4. The fourth-order valence-electron chi connectivity index (χ4n) is 1.86. The summed E-state index contributed by atoms with van der Waals surface area (Å²) in [5.74, 6) is 7.96. The van der Waals surface area contributed by atoms with Crippen LogP contribution < -0.4 is 22.4 Å². The smallest absolute Gasteiger partial charge is 0.352 e. The molecule has 0 spiro atoms. The van der Waals surface area contributed by atoms with Gasteiger partial charge in [0.2, 0.25) is 5.91 Å². The number of carboxylic acid groups (broad SMARTS) is 1. The number of hydrogen-bond acceptors (Lipinski definition) is 5. The van der Waals surface area contributed by atoms with Crippen LogP contribution in [-0.4, -0.2) is 35.4 Å². The summed E-state index contributed by atoms with van der Waals surface area (Å²) in [5.41, 5.74) is 3.43. The van der Waals surface area contributed by atoms with Crippen LogP contribution in [0, 0.1) is 0 Å². The van der Waals surface area contributed by atoms with Gasteiger partial charge < -0.3 is 26.7 Å². The van der Waals surface area contributed by atoms with E-state index in [-0.39, 0.29) is 18.0 Å². The highest BCUT2D eigenvalue weighted by Crippen LogP contribution is 2.22. The highest BCUT2D eigenvalue weighted by atomic mass is 16.4. The number of aromatic carboxylic acids is 1. The van der Waals surface area contributed by atoms with Crippen LogP contribution in [0.2, 0.25) is 0 Å². The maximum atomic E-state index is 11.4. The van der Waals surface area contributed by atoms with E-state index in [9.17, 15) is 9.59 Å². The minimum atomic E-state index is -1.06. The molecule has 0 saturated carbocycles. The summed E-state index contributed by atoms with van der Waals surface area (Å²) < 4.78 is 0. The SMILES string of the molecule is CNC(=O)Cc1c(C(=O)O)[nH]c2ccccc12.N/N=C\NN. The molecule has 9 nitrogen and oxygen atoms in total. The van der Waals surface area contributed by atoms with E-state index in [1.165, 1.54) is 13.4 Å². The van der Waals surface area contributed by atoms with Gasteiger partial charge in [-0.2, -0.15) is 5.10 Å². The molecule has 0 bridgehead atoms. The monoisotopic (exact) mass is 306 g/mol. The Balaban J connectivity index is 0.000000422. The first kappa shape index (κ1) is 17.0. The van der Waals surface area contributed by atoms with E-state index in [1.807, 2.05) is 12.1 Å². The van der Waals surface area contributed by atoms with Gasteiger partial charge in [0, 0.05) is 23.5 Å². The Morgan fingerprint density at radius 2 is 2.09 bits per heavy atom. The number of carbonyl (C=O) groups excluding carboxylic acids is 1. The molecule has 1 amide bonds. The lowest BCUT2D eigenvalue weighted by molar-refractivity contribution is -0.119. The molecule has 1 aromatic carbocycles. The Kier molecular flexibility index (Phi) is 6.38. The zero-order valence-electron chi connectivity index (χ0n) is 12.0. The molecule has 9 heteroatoms. The van der Waals surface area contributed by atoms with E-state index in [4.69, 9.17) is 5.11 Å². The van der Waals surface area contributed by atoms with Gasteiger partial charge in [-0.25, -0.2) is 10.6 Å². The molecule has 0 saturated heterocycles. The summed E-state index contributed by atoms with van der Waals surface area (Å²) in [5, 5.41) is 15.3. The zero-order valence-corrected chi connectivity index (χ0v) is 12.0. The van der Waals surface area contributed by atoms with E-state index >= 15 is 0 Å². The number of nitrogens with one attached hydrogen (secondary N) is 3. The Morgan fingerprint density at radius 3 is 2.59 bits per heavy atom. The molecule has 0 aliphatic heterocycles. The number of aromatic amines is 1. The predicted octanol–water partition coefficient (Wildman–Crippen LogP) is -0.494. The molecule has 0 atom stereocenters. The number of rotatable bonds is 4. The number of aromatic nitrogens is 1. The van der Waals surface area contributed by atoms with Crippen LogP contribution in [0.1, 0.15) is 16.1 Å². The minimum Gasteiger partial charge on any atom is -0.477 e. The van der Waals surface area contributed by atoms with Crippen LogP contribution in [0.4, 0.5) is 0 Å². The van der Waals surface area contributed by atoms with Gasteiger partial charge in [0.15, 0.2) is 0 Å². The zero-order chi connectivity index (χ0) is 16.5. The summed E-state index contributed by atoms with van der Waals surface area (Å²) in [6, 6.07) is 7.22. The number of H-pyrrole nitrogens is 1. The third kappa shape index (κ3) is 4.21. The normalized spacial score (nSPS) is 10.1. The van der Waals surface area contributed by atoms with Gasteiger partial charge in [0.05, 0.1) is 6.42 Å². The summed E-state index contributed by atoms with van der Waals surface area (Å²) in [6.45, 7) is 0. The van der Waals surface area contributed by atoms with Gasteiger partial charge in [-0.05, 0) is 6.07 Å². The van der Waals surface area contributed by atoms with Crippen molar-refractivity contribution < 1.29 is 14.7 Å². The van der Waals surface area contributed by atoms with Crippen LogP contribution in [-0.2, 0) is 11.2 Å². The molecule has 1 aromatic heterocycles. The number of carbonyl (C=O) groups is 2. The molecule has 2 aromatic rings. The number of likely N-dealkylation sites (N-methyl/N-ethyl adjacent to an activating group) is 1. The Morgan fingerprint density at radius 1 is 1.41 bits per heavy atom. The molecule has 8 N–H and O–H groups in total. The van der Waals surface area contributed by atoms with Gasteiger partial charge in [-0.1, -0.05) is 18.2 Å². The molecule has 1 heterocycles. The molecule has 0 radical (unpaired) electrons. The number of para-hydroxylation sites is 1.